The maximum Gasteiger partial charge on any atom is 0.243 e. The minimum absolute atomic E-state index is 0.0332. The van der Waals surface area contributed by atoms with Crippen LogP contribution < -0.4 is 4.74 Å². The van der Waals surface area contributed by atoms with Crippen molar-refractivity contribution >= 4 is 38.9 Å². The van der Waals surface area contributed by atoms with Gasteiger partial charge in [0.15, 0.2) is 0 Å². The van der Waals surface area contributed by atoms with E-state index in [0.29, 0.717) is 17.3 Å². The molecule has 184 valence electrons. The monoisotopic (exact) mass is 530 g/mol. The Morgan fingerprint density at radius 3 is 2.60 bits per heavy atom. The van der Waals surface area contributed by atoms with Crippen LogP contribution in [0.5, 0.6) is 5.75 Å². The zero-order chi connectivity index (χ0) is 25.0. The first-order valence-corrected chi connectivity index (χ1v) is 13.9. The van der Waals surface area contributed by atoms with Crippen LogP contribution >= 0.6 is 22.9 Å². The topological polar surface area (TPSA) is 66.9 Å². The molecule has 3 aromatic rings. The summed E-state index contributed by atoms with van der Waals surface area (Å²) in [5.74, 6) is 0.378. The highest BCUT2D eigenvalue weighted by Crippen LogP contribution is 2.34. The normalized spacial score (nSPS) is 15.6. The molecule has 0 aliphatic carbocycles. The number of thiophene rings is 1. The van der Waals surface area contributed by atoms with E-state index in [2.05, 4.69) is 6.58 Å². The van der Waals surface area contributed by atoms with E-state index in [4.69, 9.17) is 16.3 Å². The summed E-state index contributed by atoms with van der Waals surface area (Å²) in [7, 11) is -3.87. The molecule has 2 heterocycles. The zero-order valence-electron chi connectivity index (χ0n) is 19.4. The minimum Gasteiger partial charge on any atom is -0.491 e. The number of amides is 1. The molecule has 0 saturated carbocycles. The molecule has 0 radical (unpaired) electrons. The van der Waals surface area contributed by atoms with Gasteiger partial charge in [0.1, 0.15) is 12.4 Å². The van der Waals surface area contributed by atoms with E-state index < -0.39 is 10.0 Å². The summed E-state index contributed by atoms with van der Waals surface area (Å²) in [6, 6.07) is 15.4. The van der Waals surface area contributed by atoms with Gasteiger partial charge in [0, 0.05) is 23.0 Å². The second-order valence-electron chi connectivity index (χ2n) is 8.32. The van der Waals surface area contributed by atoms with Crippen LogP contribution in [0.15, 0.2) is 77.5 Å². The number of fused-ring (bicyclic) bond motifs is 1. The Labute approximate surface area is 215 Å². The van der Waals surface area contributed by atoms with Gasteiger partial charge >= 0.3 is 0 Å². The fourth-order valence-electron chi connectivity index (χ4n) is 4.07. The summed E-state index contributed by atoms with van der Waals surface area (Å²) >= 11 is 7.63. The molecule has 1 aliphatic heterocycles. The van der Waals surface area contributed by atoms with Crippen LogP contribution in [0.3, 0.4) is 0 Å². The van der Waals surface area contributed by atoms with Gasteiger partial charge < -0.3 is 9.64 Å². The third-order valence-corrected chi connectivity index (χ3v) is 9.01. The van der Waals surface area contributed by atoms with Gasteiger partial charge in [-0.3, -0.25) is 4.79 Å². The molecule has 1 aromatic heterocycles. The Morgan fingerprint density at radius 1 is 1.20 bits per heavy atom. The molecule has 0 fully saturated rings. The fourth-order valence-corrected chi connectivity index (χ4v) is 6.49. The number of halogens is 1. The summed E-state index contributed by atoms with van der Waals surface area (Å²) in [5, 5.41) is 2.63. The van der Waals surface area contributed by atoms with Crippen molar-refractivity contribution in [3.8, 4) is 5.75 Å². The highest BCUT2D eigenvalue weighted by atomic mass is 35.5. The number of hydrogen-bond acceptors (Lipinski definition) is 5. The van der Waals surface area contributed by atoms with Crippen LogP contribution in [-0.4, -0.2) is 49.8 Å². The quantitative estimate of drug-likeness (QED) is 0.361. The van der Waals surface area contributed by atoms with Gasteiger partial charge in [-0.25, -0.2) is 8.42 Å². The summed E-state index contributed by atoms with van der Waals surface area (Å²) < 4.78 is 33.8. The molecule has 0 bridgehead atoms. The number of ether oxygens (including phenoxy) is 1. The third-order valence-electron chi connectivity index (χ3n) is 5.94. The van der Waals surface area contributed by atoms with E-state index in [1.807, 2.05) is 18.4 Å². The lowest BCUT2D eigenvalue weighted by molar-refractivity contribution is -0.135. The van der Waals surface area contributed by atoms with Crippen molar-refractivity contribution in [2.75, 3.05) is 26.2 Å². The second kappa shape index (κ2) is 11.0. The molecule has 1 amide bonds. The van der Waals surface area contributed by atoms with Crippen molar-refractivity contribution in [3.63, 3.8) is 0 Å². The molecule has 4 rings (SSSR count). The van der Waals surface area contributed by atoms with Crippen LogP contribution in [0.2, 0.25) is 5.02 Å². The van der Waals surface area contributed by atoms with Gasteiger partial charge in [-0.2, -0.15) is 4.31 Å². The first kappa shape index (κ1) is 25.4. The molecule has 0 spiro atoms. The zero-order valence-corrected chi connectivity index (χ0v) is 21.8. The van der Waals surface area contributed by atoms with Gasteiger partial charge in [-0.05, 0) is 66.8 Å². The molecule has 9 heteroatoms. The number of carbonyl (C=O) groups excluding carboxylic acids is 1. The number of benzene rings is 2. The van der Waals surface area contributed by atoms with Crippen molar-refractivity contribution in [2.24, 2.45) is 0 Å². The fraction of sp³-hybridized carbons (Fsp3) is 0.269. The van der Waals surface area contributed by atoms with Crippen molar-refractivity contribution in [2.45, 2.75) is 24.3 Å². The van der Waals surface area contributed by atoms with Crippen molar-refractivity contribution in [1.82, 2.24) is 9.21 Å². The molecule has 35 heavy (non-hydrogen) atoms. The first-order chi connectivity index (χ1) is 16.8. The van der Waals surface area contributed by atoms with Gasteiger partial charge in [-0.15, -0.1) is 17.9 Å². The minimum atomic E-state index is -3.87. The lowest BCUT2D eigenvalue weighted by Gasteiger charge is -2.36. The van der Waals surface area contributed by atoms with E-state index in [0.717, 1.165) is 17.5 Å². The Balaban J connectivity index is 1.55. The highest BCUT2D eigenvalue weighted by Gasteiger charge is 2.35. The van der Waals surface area contributed by atoms with E-state index in [1.54, 1.807) is 64.8 Å². The van der Waals surface area contributed by atoms with Gasteiger partial charge in [-0.1, -0.05) is 35.4 Å². The number of hydrogen-bond donors (Lipinski definition) is 0. The largest absolute Gasteiger partial charge is 0.491 e. The lowest BCUT2D eigenvalue weighted by atomic mass is 10.0. The van der Waals surface area contributed by atoms with E-state index in [-0.39, 0.29) is 36.5 Å². The smallest absolute Gasteiger partial charge is 0.243 e. The highest BCUT2D eigenvalue weighted by molar-refractivity contribution is 7.89. The lowest BCUT2D eigenvalue weighted by Crippen LogP contribution is -2.47. The molecule has 0 unspecified atom stereocenters. The van der Waals surface area contributed by atoms with Crippen molar-refractivity contribution < 1.29 is 17.9 Å². The summed E-state index contributed by atoms with van der Waals surface area (Å²) in [6.07, 6.45) is 2.22. The summed E-state index contributed by atoms with van der Waals surface area (Å²) in [6.45, 7) is 6.08. The van der Waals surface area contributed by atoms with E-state index in [1.165, 1.54) is 15.3 Å². The van der Waals surface area contributed by atoms with Crippen LogP contribution in [0.4, 0.5) is 0 Å². The second-order valence-corrected chi connectivity index (χ2v) is 11.7. The van der Waals surface area contributed by atoms with E-state index in [9.17, 15) is 13.2 Å². The average molecular weight is 531 g/mol. The number of sulfonamides is 1. The molecule has 6 nitrogen and oxygen atoms in total. The predicted octanol–water partition coefficient (Wildman–Crippen LogP) is 5.09. The summed E-state index contributed by atoms with van der Waals surface area (Å²) in [5.41, 5.74) is 2.00. The molecule has 1 aliphatic rings. The standard InChI is InChI=1S/C26H27ClN2O4S2/c1-3-14-28(35(31,32)22-10-4-19(2)5-11-22)17-26(30)29-15-12-25-23(13-16-34-25)24(29)18-33-21-8-6-20(27)7-9-21/h3-11,13,16,24H,1,12,14-15,17-18H2,2H3/t24-/m0/s1. The summed E-state index contributed by atoms with van der Waals surface area (Å²) in [4.78, 5) is 16.6. The van der Waals surface area contributed by atoms with Crippen LogP contribution in [-0.2, 0) is 21.2 Å². The van der Waals surface area contributed by atoms with Crippen molar-refractivity contribution in [3.05, 3.63) is 93.7 Å². The Morgan fingerprint density at radius 2 is 1.91 bits per heavy atom. The molecule has 2 aromatic carbocycles. The van der Waals surface area contributed by atoms with Gasteiger partial charge in [0.05, 0.1) is 17.5 Å². The molecule has 0 saturated heterocycles. The van der Waals surface area contributed by atoms with Crippen LogP contribution in [0.25, 0.3) is 0 Å². The molecular weight excluding hydrogens is 504 g/mol. The Bertz CT molecular complexity index is 1290. The number of rotatable bonds is 9. The van der Waals surface area contributed by atoms with Crippen molar-refractivity contribution in [1.29, 1.82) is 0 Å². The number of nitrogens with zero attached hydrogens (tertiary/aromatic N) is 2. The Kier molecular flexibility index (Phi) is 7.96. The van der Waals surface area contributed by atoms with Gasteiger partial charge in [0.25, 0.3) is 0 Å². The number of carbonyl (C=O) groups is 1. The molecule has 0 N–H and O–H groups in total. The van der Waals surface area contributed by atoms with Gasteiger partial charge in [0.2, 0.25) is 15.9 Å². The maximum absolute atomic E-state index is 13.5. The third kappa shape index (κ3) is 5.78. The number of aryl methyl sites for hydroxylation is 1. The molecule has 1 atom stereocenters. The van der Waals surface area contributed by atoms with Crippen LogP contribution in [0.1, 0.15) is 22.0 Å². The van der Waals surface area contributed by atoms with Crippen LogP contribution in [0, 0.1) is 6.92 Å². The predicted molar refractivity (Wildman–Crippen MR) is 140 cm³/mol. The molecular formula is C26H27ClN2O4S2. The SMILES string of the molecule is C=CCN(CC(=O)N1CCc2sccc2[C@@H]1COc1ccc(Cl)cc1)S(=O)(=O)c1ccc(C)cc1. The average Bonchev–Trinajstić information content (AvgIpc) is 3.32. The maximum atomic E-state index is 13.5. The van der Waals surface area contributed by atoms with E-state index >= 15 is 0 Å². The Hall–Kier alpha value is -2.65. The first-order valence-electron chi connectivity index (χ1n) is 11.2.